The summed E-state index contributed by atoms with van der Waals surface area (Å²) in [5.74, 6) is 0.0664. The fraction of sp³-hybridized carbons (Fsp3) is 0.320. The second-order valence-corrected chi connectivity index (χ2v) is 9.43. The largest absolute Gasteiger partial charge is 0.444 e. The Morgan fingerprint density at radius 3 is 2.70 bits per heavy atom. The number of anilines is 1. The van der Waals surface area contributed by atoms with Crippen LogP contribution >= 0.6 is 11.3 Å². The third-order valence-corrected chi connectivity index (χ3v) is 6.78. The Labute approximate surface area is 195 Å². The van der Waals surface area contributed by atoms with E-state index in [1.54, 1.807) is 39.9 Å². The smallest absolute Gasteiger partial charge is 0.414 e. The van der Waals surface area contributed by atoms with Gasteiger partial charge < -0.3 is 9.84 Å². The number of amides is 1. The Bertz CT molecular complexity index is 1250. The number of pyridine rings is 1. The highest BCUT2D eigenvalue weighted by Gasteiger charge is 2.32. The van der Waals surface area contributed by atoms with Crippen LogP contribution in [0.15, 0.2) is 53.5 Å². The first-order valence-electron chi connectivity index (χ1n) is 10.9. The average Bonchev–Trinajstić information content (AvgIpc) is 3.39. The maximum Gasteiger partial charge on any atom is 0.414 e. The summed E-state index contributed by atoms with van der Waals surface area (Å²) in [7, 11) is 0. The van der Waals surface area contributed by atoms with E-state index in [1.807, 2.05) is 32.0 Å². The minimum Gasteiger partial charge on any atom is -0.444 e. The quantitative estimate of drug-likeness (QED) is 0.506. The molecule has 1 aromatic carbocycles. The fourth-order valence-corrected chi connectivity index (χ4v) is 4.83. The summed E-state index contributed by atoms with van der Waals surface area (Å²) in [5, 5.41) is 9.18. The SMILES string of the molecule is Cc1ccc(C(=O)CC[C@H]2CN(c3ccc(-n4cccc(CCO)c4=O)c(C)c3)C(=O)O2)s1. The predicted octanol–water partition coefficient (Wildman–Crippen LogP) is 4.04. The molecule has 0 aliphatic carbocycles. The summed E-state index contributed by atoms with van der Waals surface area (Å²) in [6.45, 7) is 4.13. The molecule has 1 amide bonds. The van der Waals surface area contributed by atoms with Crippen LogP contribution in [0.25, 0.3) is 5.69 Å². The van der Waals surface area contributed by atoms with E-state index in [4.69, 9.17) is 4.74 Å². The van der Waals surface area contributed by atoms with Crippen LogP contribution in [0.1, 0.15) is 38.5 Å². The van der Waals surface area contributed by atoms with Crippen molar-refractivity contribution in [3.8, 4) is 5.69 Å². The van der Waals surface area contributed by atoms with Crippen molar-refractivity contribution >= 4 is 28.9 Å². The lowest BCUT2D eigenvalue weighted by Crippen LogP contribution is -2.25. The molecule has 1 atom stereocenters. The molecule has 2 aromatic heterocycles. The van der Waals surface area contributed by atoms with Crippen LogP contribution < -0.4 is 10.5 Å². The van der Waals surface area contributed by atoms with E-state index in [-0.39, 0.29) is 24.1 Å². The highest BCUT2D eigenvalue weighted by Crippen LogP contribution is 2.27. The Morgan fingerprint density at radius 2 is 2.00 bits per heavy atom. The number of rotatable bonds is 8. The molecule has 1 N–H and O–H groups in total. The molecule has 0 spiro atoms. The number of ether oxygens (including phenoxy) is 1. The van der Waals surface area contributed by atoms with Gasteiger partial charge in [-0.25, -0.2) is 4.79 Å². The fourth-order valence-electron chi connectivity index (χ4n) is 4.00. The van der Waals surface area contributed by atoms with Gasteiger partial charge in [0.2, 0.25) is 0 Å². The van der Waals surface area contributed by atoms with Gasteiger partial charge in [-0.3, -0.25) is 19.1 Å². The van der Waals surface area contributed by atoms with E-state index in [0.717, 1.165) is 15.3 Å². The topological polar surface area (TPSA) is 88.8 Å². The zero-order valence-electron chi connectivity index (χ0n) is 18.6. The number of ketones is 1. The molecule has 3 heterocycles. The van der Waals surface area contributed by atoms with Crippen molar-refractivity contribution in [3.05, 3.63) is 79.9 Å². The Morgan fingerprint density at radius 1 is 1.18 bits per heavy atom. The summed E-state index contributed by atoms with van der Waals surface area (Å²) >= 11 is 1.48. The third-order valence-electron chi connectivity index (χ3n) is 5.74. The van der Waals surface area contributed by atoms with Crippen molar-refractivity contribution in [2.24, 2.45) is 0 Å². The zero-order valence-corrected chi connectivity index (χ0v) is 19.4. The van der Waals surface area contributed by atoms with Gasteiger partial charge in [0.25, 0.3) is 5.56 Å². The van der Waals surface area contributed by atoms with E-state index < -0.39 is 6.09 Å². The number of hydrogen-bond donors (Lipinski definition) is 1. The van der Waals surface area contributed by atoms with E-state index >= 15 is 0 Å². The number of carbonyl (C=O) groups is 2. The molecule has 0 saturated carbocycles. The number of hydrogen-bond acceptors (Lipinski definition) is 6. The van der Waals surface area contributed by atoms with Crippen molar-refractivity contribution in [3.63, 3.8) is 0 Å². The van der Waals surface area contributed by atoms with Crippen molar-refractivity contribution in [2.45, 2.75) is 39.2 Å². The lowest BCUT2D eigenvalue weighted by atomic mass is 10.1. The van der Waals surface area contributed by atoms with Crippen molar-refractivity contribution in [1.29, 1.82) is 0 Å². The monoisotopic (exact) mass is 466 g/mol. The van der Waals surface area contributed by atoms with Gasteiger partial charge in [0.15, 0.2) is 5.78 Å². The minimum absolute atomic E-state index is 0.0664. The number of carbonyl (C=O) groups excluding carboxylic acids is 2. The number of aryl methyl sites for hydroxylation is 2. The van der Waals surface area contributed by atoms with E-state index in [2.05, 4.69) is 0 Å². The molecule has 7 nitrogen and oxygen atoms in total. The van der Waals surface area contributed by atoms with E-state index in [1.165, 1.54) is 11.3 Å². The van der Waals surface area contributed by atoms with Crippen molar-refractivity contribution < 1.29 is 19.4 Å². The van der Waals surface area contributed by atoms with Gasteiger partial charge in [0, 0.05) is 41.8 Å². The first kappa shape index (κ1) is 22.9. The summed E-state index contributed by atoms with van der Waals surface area (Å²) in [5.41, 5.74) is 2.60. The average molecular weight is 467 g/mol. The Hall–Kier alpha value is -3.23. The molecule has 1 aliphatic heterocycles. The van der Waals surface area contributed by atoms with Crippen LogP contribution in [0.4, 0.5) is 10.5 Å². The first-order valence-corrected chi connectivity index (χ1v) is 11.7. The van der Waals surface area contributed by atoms with Gasteiger partial charge in [0.05, 0.1) is 17.1 Å². The molecule has 1 fully saturated rings. The van der Waals surface area contributed by atoms with Crippen molar-refractivity contribution in [1.82, 2.24) is 4.57 Å². The van der Waals surface area contributed by atoms with Crippen LogP contribution in [0.5, 0.6) is 0 Å². The molecule has 3 aromatic rings. The standard InChI is InChI=1S/C25H26N2O5S/c1-16-14-19(6-8-21(16)26-12-3-4-18(11-13-28)24(26)30)27-15-20(32-25(27)31)7-9-22(29)23-10-5-17(2)33-23/h3-6,8,10,12,14,20,28H,7,9,11,13,15H2,1-2H3/t20-/m0/s1. The first-order chi connectivity index (χ1) is 15.9. The number of cyclic esters (lactones) is 1. The summed E-state index contributed by atoms with van der Waals surface area (Å²) in [6, 6.07) is 12.7. The molecule has 8 heteroatoms. The van der Waals surface area contributed by atoms with Crippen LogP contribution in [0, 0.1) is 13.8 Å². The Kier molecular flexibility index (Phi) is 6.76. The molecule has 0 unspecified atom stereocenters. The lowest BCUT2D eigenvalue weighted by Gasteiger charge is -2.17. The van der Waals surface area contributed by atoms with Crippen LogP contribution in [0.2, 0.25) is 0 Å². The number of aliphatic hydroxyl groups is 1. The van der Waals surface area contributed by atoms with Gasteiger partial charge in [-0.05, 0) is 62.2 Å². The molecule has 0 radical (unpaired) electrons. The number of nitrogens with zero attached hydrogens (tertiary/aromatic N) is 2. The van der Waals surface area contributed by atoms with Crippen LogP contribution in [0.3, 0.4) is 0 Å². The summed E-state index contributed by atoms with van der Waals surface area (Å²) in [4.78, 5) is 41.0. The van der Waals surface area contributed by atoms with Gasteiger partial charge in [0.1, 0.15) is 6.10 Å². The number of Topliss-reactive ketones (excluding diaryl/α,β-unsaturated/α-hetero) is 1. The second-order valence-electron chi connectivity index (χ2n) is 8.14. The zero-order chi connectivity index (χ0) is 23.5. The predicted molar refractivity (Wildman–Crippen MR) is 128 cm³/mol. The molecule has 0 bridgehead atoms. The molecule has 172 valence electrons. The van der Waals surface area contributed by atoms with Crippen molar-refractivity contribution in [2.75, 3.05) is 18.1 Å². The van der Waals surface area contributed by atoms with E-state index in [9.17, 15) is 19.5 Å². The summed E-state index contributed by atoms with van der Waals surface area (Å²) < 4.78 is 7.04. The number of benzene rings is 1. The van der Waals surface area contributed by atoms with Gasteiger partial charge in [-0.15, -0.1) is 11.3 Å². The van der Waals surface area contributed by atoms with Crippen LogP contribution in [-0.2, 0) is 11.2 Å². The number of aromatic nitrogens is 1. The molecular weight excluding hydrogens is 440 g/mol. The third kappa shape index (κ3) is 4.91. The second kappa shape index (κ2) is 9.72. The molecule has 4 rings (SSSR count). The highest BCUT2D eigenvalue weighted by atomic mass is 32.1. The molecular formula is C25H26N2O5S. The summed E-state index contributed by atoms with van der Waals surface area (Å²) in [6.07, 6.45) is 2.01. The normalized spacial score (nSPS) is 15.7. The van der Waals surface area contributed by atoms with E-state index in [0.29, 0.717) is 42.7 Å². The van der Waals surface area contributed by atoms with Gasteiger partial charge in [-0.2, -0.15) is 0 Å². The minimum atomic E-state index is -0.436. The molecule has 33 heavy (non-hydrogen) atoms. The van der Waals surface area contributed by atoms with Crippen LogP contribution in [-0.4, -0.2) is 40.8 Å². The number of aliphatic hydroxyl groups excluding tert-OH is 1. The molecule has 1 saturated heterocycles. The van der Waals surface area contributed by atoms with Gasteiger partial charge >= 0.3 is 6.09 Å². The Balaban J connectivity index is 1.46. The molecule has 1 aliphatic rings. The maximum atomic E-state index is 12.7. The lowest BCUT2D eigenvalue weighted by molar-refractivity contribution is 0.0943. The maximum absolute atomic E-state index is 12.7. The number of thiophene rings is 1. The highest BCUT2D eigenvalue weighted by molar-refractivity contribution is 7.14. The van der Waals surface area contributed by atoms with Gasteiger partial charge in [-0.1, -0.05) is 6.07 Å².